The Bertz CT molecular complexity index is 403. The third-order valence-corrected chi connectivity index (χ3v) is 2.00. The molecule has 0 spiro atoms. The Morgan fingerprint density at radius 3 is 1.41 bits per heavy atom. The van der Waals surface area contributed by atoms with E-state index in [1.165, 1.54) is 11.1 Å². The highest BCUT2D eigenvalue weighted by Gasteiger charge is 1.91. The van der Waals surface area contributed by atoms with E-state index >= 15 is 0 Å². The Labute approximate surface area is 99.3 Å². The summed E-state index contributed by atoms with van der Waals surface area (Å²) in [7, 11) is 0. The van der Waals surface area contributed by atoms with Gasteiger partial charge in [0.15, 0.2) is 6.67 Å². The van der Waals surface area contributed by atoms with E-state index in [4.69, 9.17) is 9.90 Å². The molecular weight excluding hydrogens is 219 g/mol. The number of aliphatic carboxylic acids is 1. The fourth-order valence-corrected chi connectivity index (χ4v) is 1.26. The lowest BCUT2D eigenvalue weighted by molar-refractivity contribution is -0.137. The van der Waals surface area contributed by atoms with Crippen LogP contribution in [-0.2, 0) is 4.79 Å². The number of alkyl halides is 1. The highest BCUT2D eigenvalue weighted by Crippen LogP contribution is 2.17. The molecule has 0 saturated heterocycles. The van der Waals surface area contributed by atoms with Gasteiger partial charge < -0.3 is 5.11 Å². The summed E-state index contributed by atoms with van der Waals surface area (Å²) in [5.74, 6) is -1.41. The molecule has 88 valence electrons. The number of halogens is 1. The molecule has 0 aliphatic heterocycles. The van der Waals surface area contributed by atoms with Gasteiger partial charge in [-0.1, -0.05) is 60.7 Å². The molecule has 0 aliphatic carbocycles. The van der Waals surface area contributed by atoms with Crippen LogP contribution in [0.1, 0.15) is 0 Å². The van der Waals surface area contributed by atoms with Gasteiger partial charge in [-0.3, -0.25) is 0 Å². The van der Waals surface area contributed by atoms with Crippen LogP contribution >= 0.6 is 0 Å². The fourth-order valence-electron chi connectivity index (χ4n) is 1.26. The fraction of sp³-hybridized carbons (Fsp3) is 0.0714. The Morgan fingerprint density at radius 1 is 0.882 bits per heavy atom. The summed E-state index contributed by atoms with van der Waals surface area (Å²) in [4.78, 5) is 8.99. The molecule has 1 N–H and O–H groups in total. The van der Waals surface area contributed by atoms with E-state index in [9.17, 15) is 4.39 Å². The molecule has 3 heteroatoms. The van der Waals surface area contributed by atoms with Crippen molar-refractivity contribution in [2.75, 3.05) is 6.67 Å². The first-order valence-corrected chi connectivity index (χ1v) is 5.12. The first-order chi connectivity index (χ1) is 8.24. The second-order valence-electron chi connectivity index (χ2n) is 3.26. The van der Waals surface area contributed by atoms with Crippen LogP contribution in [0.25, 0.3) is 11.1 Å². The van der Waals surface area contributed by atoms with Crippen molar-refractivity contribution in [1.82, 2.24) is 0 Å². The van der Waals surface area contributed by atoms with Crippen LogP contribution in [0, 0.1) is 0 Å². The van der Waals surface area contributed by atoms with E-state index in [-0.39, 0.29) is 0 Å². The molecule has 0 bridgehead atoms. The number of benzene rings is 2. The largest absolute Gasteiger partial charge is 0.479 e. The van der Waals surface area contributed by atoms with Crippen molar-refractivity contribution in [1.29, 1.82) is 0 Å². The summed E-state index contributed by atoms with van der Waals surface area (Å²) < 4.78 is 10.5. The first-order valence-electron chi connectivity index (χ1n) is 5.12. The van der Waals surface area contributed by atoms with Gasteiger partial charge in [0.1, 0.15) is 0 Å². The third kappa shape index (κ3) is 4.93. The van der Waals surface area contributed by atoms with Crippen LogP contribution in [0.15, 0.2) is 60.7 Å². The number of carboxylic acid groups (broad SMARTS) is 1. The van der Waals surface area contributed by atoms with Crippen LogP contribution in [0.3, 0.4) is 0 Å². The van der Waals surface area contributed by atoms with Crippen molar-refractivity contribution >= 4 is 5.97 Å². The summed E-state index contributed by atoms with van der Waals surface area (Å²) in [5.41, 5.74) is 2.55. The minimum atomic E-state index is -1.41. The lowest BCUT2D eigenvalue weighted by Crippen LogP contribution is -1.93. The van der Waals surface area contributed by atoms with Gasteiger partial charge in [0, 0.05) is 0 Å². The van der Waals surface area contributed by atoms with Crippen LogP contribution in [0.4, 0.5) is 4.39 Å². The molecule has 2 rings (SSSR count). The molecule has 0 saturated carbocycles. The van der Waals surface area contributed by atoms with Crippen LogP contribution in [0.2, 0.25) is 0 Å². The SMILES string of the molecule is O=C(O)CF.c1ccc(-c2ccccc2)cc1. The first kappa shape index (κ1) is 12.9. The Morgan fingerprint density at radius 2 is 1.18 bits per heavy atom. The lowest BCUT2D eigenvalue weighted by Gasteiger charge is -1.98. The number of carbonyl (C=O) groups is 1. The molecule has 2 aromatic rings. The van der Waals surface area contributed by atoms with E-state index in [1.54, 1.807) is 0 Å². The number of rotatable bonds is 2. The third-order valence-electron chi connectivity index (χ3n) is 2.00. The molecular formula is C14H13FO2. The molecule has 0 heterocycles. The van der Waals surface area contributed by atoms with Crippen molar-refractivity contribution in [3.05, 3.63) is 60.7 Å². The molecule has 17 heavy (non-hydrogen) atoms. The number of carboxylic acids is 1. The molecule has 0 unspecified atom stereocenters. The summed E-state index contributed by atoms with van der Waals surface area (Å²) in [6.45, 7) is -1.28. The van der Waals surface area contributed by atoms with Gasteiger partial charge in [0.25, 0.3) is 0 Å². The minimum Gasteiger partial charge on any atom is -0.479 e. The van der Waals surface area contributed by atoms with Crippen molar-refractivity contribution < 1.29 is 14.3 Å². The number of hydrogen-bond acceptors (Lipinski definition) is 1. The average molecular weight is 232 g/mol. The van der Waals surface area contributed by atoms with E-state index < -0.39 is 12.6 Å². The minimum absolute atomic E-state index is 1.28. The lowest BCUT2D eigenvalue weighted by atomic mass is 10.1. The predicted octanol–water partition coefficient (Wildman–Crippen LogP) is 3.39. The quantitative estimate of drug-likeness (QED) is 0.861. The van der Waals surface area contributed by atoms with Gasteiger partial charge in [-0.15, -0.1) is 0 Å². The maximum atomic E-state index is 10.5. The topological polar surface area (TPSA) is 37.3 Å². The highest BCUT2D eigenvalue weighted by atomic mass is 19.1. The van der Waals surface area contributed by atoms with Gasteiger partial charge >= 0.3 is 5.97 Å². The molecule has 0 fully saturated rings. The van der Waals surface area contributed by atoms with Gasteiger partial charge in [0.05, 0.1) is 0 Å². The predicted molar refractivity (Wildman–Crippen MR) is 65.5 cm³/mol. The van der Waals surface area contributed by atoms with Gasteiger partial charge in [0.2, 0.25) is 0 Å². The Kier molecular flexibility index (Phi) is 5.44. The maximum Gasteiger partial charge on any atom is 0.335 e. The summed E-state index contributed by atoms with van der Waals surface area (Å²) >= 11 is 0. The number of hydrogen-bond donors (Lipinski definition) is 1. The zero-order chi connectivity index (χ0) is 12.5. The molecule has 0 aromatic heterocycles. The van der Waals surface area contributed by atoms with Gasteiger partial charge in [-0.2, -0.15) is 0 Å². The van der Waals surface area contributed by atoms with E-state index in [0.717, 1.165) is 0 Å². The normalized spacial score (nSPS) is 9.00. The molecule has 2 aromatic carbocycles. The summed E-state index contributed by atoms with van der Waals surface area (Å²) in [6, 6.07) is 20.8. The monoisotopic (exact) mass is 232 g/mol. The van der Waals surface area contributed by atoms with Crippen molar-refractivity contribution in [2.24, 2.45) is 0 Å². The zero-order valence-electron chi connectivity index (χ0n) is 9.21. The van der Waals surface area contributed by atoms with Gasteiger partial charge in [-0.05, 0) is 11.1 Å². The summed E-state index contributed by atoms with van der Waals surface area (Å²) in [5, 5.41) is 7.35. The van der Waals surface area contributed by atoms with E-state index in [2.05, 4.69) is 48.5 Å². The molecule has 0 aliphatic rings. The second-order valence-corrected chi connectivity index (χ2v) is 3.26. The average Bonchev–Trinajstić information content (AvgIpc) is 2.41. The molecule has 2 nitrogen and oxygen atoms in total. The Hall–Kier alpha value is -2.16. The van der Waals surface area contributed by atoms with Gasteiger partial charge in [-0.25, -0.2) is 9.18 Å². The molecule has 0 radical (unpaired) electrons. The van der Waals surface area contributed by atoms with E-state index in [1.807, 2.05) is 12.1 Å². The second kappa shape index (κ2) is 7.17. The smallest absolute Gasteiger partial charge is 0.335 e. The Balaban J connectivity index is 0.000000249. The maximum absolute atomic E-state index is 10.5. The standard InChI is InChI=1S/C12H10.C2H3FO2/c1-3-7-11(8-4-1)12-9-5-2-6-10-12;3-1-2(4)5/h1-10H;1H2,(H,4,5). The van der Waals surface area contributed by atoms with E-state index in [0.29, 0.717) is 0 Å². The van der Waals surface area contributed by atoms with Crippen molar-refractivity contribution in [3.63, 3.8) is 0 Å². The van der Waals surface area contributed by atoms with Crippen molar-refractivity contribution in [3.8, 4) is 11.1 Å². The van der Waals surface area contributed by atoms with Crippen LogP contribution < -0.4 is 0 Å². The van der Waals surface area contributed by atoms with Crippen LogP contribution in [-0.4, -0.2) is 17.8 Å². The summed E-state index contributed by atoms with van der Waals surface area (Å²) in [6.07, 6.45) is 0. The zero-order valence-corrected chi connectivity index (χ0v) is 9.21. The highest BCUT2D eigenvalue weighted by molar-refractivity contribution is 5.67. The van der Waals surface area contributed by atoms with Crippen molar-refractivity contribution in [2.45, 2.75) is 0 Å². The molecule has 0 atom stereocenters. The van der Waals surface area contributed by atoms with Crippen LogP contribution in [0.5, 0.6) is 0 Å². The molecule has 0 amide bonds.